The monoisotopic (exact) mass is 418 g/mol. The number of methoxy groups -OCH3 is 1. The molecule has 1 aromatic carbocycles. The van der Waals surface area contributed by atoms with Crippen molar-refractivity contribution in [1.82, 2.24) is 20.0 Å². The van der Waals surface area contributed by atoms with Crippen LogP contribution in [0.15, 0.2) is 24.3 Å². The van der Waals surface area contributed by atoms with Crippen LogP contribution in [0.25, 0.3) is 0 Å². The van der Waals surface area contributed by atoms with Crippen molar-refractivity contribution >= 4 is 23.8 Å². The molecule has 0 atom stereocenters. The number of benzene rings is 1. The number of carbonyl (C=O) groups is 4. The van der Waals surface area contributed by atoms with Gasteiger partial charge in [-0.3, -0.25) is 24.2 Å². The highest BCUT2D eigenvalue weighted by Gasteiger charge is 2.44. The van der Waals surface area contributed by atoms with Crippen molar-refractivity contribution in [1.29, 1.82) is 0 Å². The van der Waals surface area contributed by atoms with Gasteiger partial charge in [-0.2, -0.15) is 0 Å². The van der Waals surface area contributed by atoms with Crippen LogP contribution in [-0.4, -0.2) is 91.5 Å². The fraction of sp³-hybridized carbons (Fsp3) is 0.500. The van der Waals surface area contributed by atoms with Gasteiger partial charge in [-0.1, -0.05) is 12.1 Å². The van der Waals surface area contributed by atoms with E-state index in [0.29, 0.717) is 36.8 Å². The zero-order valence-electron chi connectivity index (χ0n) is 17.0. The van der Waals surface area contributed by atoms with Gasteiger partial charge in [0.2, 0.25) is 5.91 Å². The van der Waals surface area contributed by atoms with Crippen molar-refractivity contribution in [2.75, 3.05) is 53.0 Å². The quantitative estimate of drug-likeness (QED) is 0.438. The third-order valence-corrected chi connectivity index (χ3v) is 5.05. The number of hydrogen-bond acceptors (Lipinski definition) is 7. The molecule has 0 aliphatic carbocycles. The normalized spacial score (nSPS) is 17.6. The molecule has 0 unspecified atom stereocenters. The summed E-state index contributed by atoms with van der Waals surface area (Å²) in [5.41, 5.74) is 0.837. The topological polar surface area (TPSA) is 108 Å². The van der Waals surface area contributed by atoms with Crippen LogP contribution in [0, 0.1) is 0 Å². The van der Waals surface area contributed by atoms with Crippen LogP contribution in [0.1, 0.15) is 12.0 Å². The number of morpholine rings is 1. The summed E-state index contributed by atoms with van der Waals surface area (Å²) in [5, 5.41) is 2.65. The van der Waals surface area contributed by atoms with Crippen LogP contribution in [0.2, 0.25) is 0 Å². The Hall–Kier alpha value is -2.98. The Morgan fingerprint density at radius 3 is 2.37 bits per heavy atom. The molecule has 30 heavy (non-hydrogen) atoms. The van der Waals surface area contributed by atoms with E-state index in [1.165, 1.54) is 0 Å². The minimum Gasteiger partial charge on any atom is -0.497 e. The van der Waals surface area contributed by atoms with Crippen LogP contribution in [-0.2, 0) is 25.7 Å². The van der Waals surface area contributed by atoms with E-state index >= 15 is 0 Å². The van der Waals surface area contributed by atoms with E-state index in [9.17, 15) is 19.2 Å². The zero-order chi connectivity index (χ0) is 21.5. The molecule has 2 heterocycles. The maximum atomic E-state index is 12.5. The van der Waals surface area contributed by atoms with E-state index in [1.807, 2.05) is 0 Å². The average Bonchev–Trinajstić information content (AvgIpc) is 2.97. The Labute approximate surface area is 174 Å². The maximum absolute atomic E-state index is 12.5. The van der Waals surface area contributed by atoms with Gasteiger partial charge in [0, 0.05) is 32.7 Å². The fourth-order valence-corrected chi connectivity index (χ4v) is 3.31. The van der Waals surface area contributed by atoms with Gasteiger partial charge >= 0.3 is 17.8 Å². The number of nitrogens with one attached hydrogen (secondary N) is 1. The van der Waals surface area contributed by atoms with Crippen molar-refractivity contribution in [2.24, 2.45) is 0 Å². The lowest BCUT2D eigenvalue weighted by molar-refractivity contribution is -0.144. The highest BCUT2D eigenvalue weighted by molar-refractivity contribution is 6.45. The lowest BCUT2D eigenvalue weighted by Gasteiger charge is -2.26. The van der Waals surface area contributed by atoms with Crippen LogP contribution >= 0.6 is 0 Å². The van der Waals surface area contributed by atoms with E-state index < -0.39 is 30.3 Å². The van der Waals surface area contributed by atoms with Gasteiger partial charge in [0.05, 0.1) is 20.3 Å². The van der Waals surface area contributed by atoms with E-state index in [1.54, 1.807) is 31.4 Å². The van der Waals surface area contributed by atoms with Crippen molar-refractivity contribution in [2.45, 2.75) is 13.0 Å². The molecule has 0 saturated carbocycles. The summed E-state index contributed by atoms with van der Waals surface area (Å²) < 4.78 is 10.4. The van der Waals surface area contributed by atoms with E-state index in [0.717, 1.165) is 23.6 Å². The second-order valence-corrected chi connectivity index (χ2v) is 7.06. The van der Waals surface area contributed by atoms with E-state index in [4.69, 9.17) is 9.47 Å². The van der Waals surface area contributed by atoms with E-state index in [-0.39, 0.29) is 13.1 Å². The fourth-order valence-electron chi connectivity index (χ4n) is 3.31. The smallest absolute Gasteiger partial charge is 0.334 e. The van der Waals surface area contributed by atoms with Gasteiger partial charge in [0.25, 0.3) is 0 Å². The number of carbonyl (C=O) groups excluding carboxylic acids is 4. The van der Waals surface area contributed by atoms with Crippen molar-refractivity contribution < 1.29 is 28.7 Å². The molecular weight excluding hydrogens is 392 g/mol. The number of nitrogens with zero attached hydrogens (tertiary/aromatic N) is 3. The summed E-state index contributed by atoms with van der Waals surface area (Å²) in [6.45, 7) is 3.54. The molecule has 2 fully saturated rings. The number of ether oxygens (including phenoxy) is 2. The SMILES string of the molecule is COc1ccc(CNC(=O)CN2C(=O)C(=O)N(CCCN3CCOCC3)C2=O)cc1. The summed E-state index contributed by atoms with van der Waals surface area (Å²) in [6, 6.07) is 6.38. The van der Waals surface area contributed by atoms with Gasteiger partial charge in [-0.15, -0.1) is 0 Å². The van der Waals surface area contributed by atoms with Gasteiger partial charge in [0.15, 0.2) is 0 Å². The highest BCUT2D eigenvalue weighted by Crippen LogP contribution is 2.13. The molecule has 1 aromatic rings. The first kappa shape index (κ1) is 21.7. The van der Waals surface area contributed by atoms with Gasteiger partial charge in [0.1, 0.15) is 12.3 Å². The Balaban J connectivity index is 1.46. The van der Waals surface area contributed by atoms with Gasteiger partial charge in [-0.25, -0.2) is 9.69 Å². The van der Waals surface area contributed by atoms with Crippen LogP contribution in [0.5, 0.6) is 5.75 Å². The second-order valence-electron chi connectivity index (χ2n) is 7.06. The number of rotatable bonds is 9. The number of imide groups is 2. The lowest BCUT2D eigenvalue weighted by atomic mass is 10.2. The summed E-state index contributed by atoms with van der Waals surface area (Å²) in [6.07, 6.45) is 0.558. The predicted octanol–water partition coefficient (Wildman–Crippen LogP) is -0.175. The molecule has 10 nitrogen and oxygen atoms in total. The van der Waals surface area contributed by atoms with Gasteiger partial charge < -0.3 is 14.8 Å². The molecule has 0 bridgehead atoms. The third kappa shape index (κ3) is 5.33. The van der Waals surface area contributed by atoms with E-state index in [2.05, 4.69) is 10.2 Å². The first-order valence-corrected chi connectivity index (χ1v) is 9.86. The van der Waals surface area contributed by atoms with Crippen molar-refractivity contribution in [3.8, 4) is 5.75 Å². The number of urea groups is 1. The molecule has 0 aromatic heterocycles. The van der Waals surface area contributed by atoms with Crippen LogP contribution in [0.4, 0.5) is 4.79 Å². The standard InChI is InChI=1S/C20H26N4O6/c1-29-16-5-3-15(4-6-16)13-21-17(25)14-24-19(27)18(26)23(20(24)28)8-2-7-22-9-11-30-12-10-22/h3-6H,2,7-14H2,1H3,(H,21,25). The molecule has 2 aliphatic rings. The zero-order valence-corrected chi connectivity index (χ0v) is 17.0. The molecule has 0 spiro atoms. The summed E-state index contributed by atoms with van der Waals surface area (Å²) in [4.78, 5) is 52.8. The first-order chi connectivity index (χ1) is 14.5. The molecule has 10 heteroatoms. The Kier molecular flexibility index (Phi) is 7.36. The predicted molar refractivity (Wildman–Crippen MR) is 106 cm³/mol. The average molecular weight is 418 g/mol. The minimum absolute atomic E-state index is 0.144. The lowest BCUT2D eigenvalue weighted by Crippen LogP contribution is -2.42. The molecule has 5 amide bonds. The van der Waals surface area contributed by atoms with Crippen molar-refractivity contribution in [3.63, 3.8) is 0 Å². The van der Waals surface area contributed by atoms with Crippen molar-refractivity contribution in [3.05, 3.63) is 29.8 Å². The van der Waals surface area contributed by atoms with Crippen LogP contribution < -0.4 is 10.1 Å². The maximum Gasteiger partial charge on any atom is 0.334 e. The summed E-state index contributed by atoms with van der Waals surface area (Å²) >= 11 is 0. The molecule has 1 N–H and O–H groups in total. The largest absolute Gasteiger partial charge is 0.497 e. The molecule has 162 valence electrons. The second kappa shape index (κ2) is 10.2. The molecule has 2 saturated heterocycles. The summed E-state index contributed by atoms with van der Waals surface area (Å²) in [5.74, 6) is -1.67. The molecule has 0 radical (unpaired) electrons. The molecular formula is C20H26N4O6. The third-order valence-electron chi connectivity index (χ3n) is 5.05. The first-order valence-electron chi connectivity index (χ1n) is 9.86. The Morgan fingerprint density at radius 1 is 1.03 bits per heavy atom. The highest BCUT2D eigenvalue weighted by atomic mass is 16.5. The number of amides is 5. The Morgan fingerprint density at radius 2 is 1.70 bits per heavy atom. The van der Waals surface area contributed by atoms with Gasteiger partial charge in [-0.05, 0) is 24.1 Å². The Bertz CT molecular complexity index is 791. The summed E-state index contributed by atoms with van der Waals surface area (Å²) in [7, 11) is 1.56. The van der Waals surface area contributed by atoms with Crippen LogP contribution in [0.3, 0.4) is 0 Å². The minimum atomic E-state index is -0.967. The molecule has 3 rings (SSSR count). The molecule has 2 aliphatic heterocycles. The number of hydrogen-bond donors (Lipinski definition) is 1.